The Balaban J connectivity index is 1.01. The van der Waals surface area contributed by atoms with E-state index >= 15 is 0 Å². The van der Waals surface area contributed by atoms with Gasteiger partial charge in [-0.3, -0.25) is 19.1 Å². The number of benzene rings is 3. The number of piperidine rings is 1. The summed E-state index contributed by atoms with van der Waals surface area (Å²) in [7, 11) is 0. The predicted octanol–water partition coefficient (Wildman–Crippen LogP) is 5.61. The van der Waals surface area contributed by atoms with E-state index < -0.39 is 0 Å². The number of ketones is 1. The fourth-order valence-corrected chi connectivity index (χ4v) is 7.30. The van der Waals surface area contributed by atoms with Crippen LogP contribution >= 0.6 is 11.3 Å². The molecule has 0 bridgehead atoms. The average molecular weight is 576 g/mol. The third-order valence-corrected chi connectivity index (χ3v) is 9.67. The maximum absolute atomic E-state index is 13.7. The summed E-state index contributed by atoms with van der Waals surface area (Å²) < 4.78 is 22.1. The van der Waals surface area contributed by atoms with Crippen molar-refractivity contribution < 1.29 is 13.9 Å². The monoisotopic (exact) mass is 575 g/mol. The van der Waals surface area contributed by atoms with Gasteiger partial charge in [-0.1, -0.05) is 41.7 Å². The van der Waals surface area contributed by atoms with Crippen molar-refractivity contribution >= 4 is 38.1 Å². The Bertz CT molecular complexity index is 1570. The maximum Gasteiger partial charge on any atom is 0.308 e. The van der Waals surface area contributed by atoms with Crippen LogP contribution in [0.5, 0.6) is 0 Å². The molecule has 1 aromatic heterocycles. The van der Waals surface area contributed by atoms with Gasteiger partial charge in [0.05, 0.1) is 23.4 Å². The lowest BCUT2D eigenvalue weighted by Gasteiger charge is -2.31. The van der Waals surface area contributed by atoms with E-state index in [1.165, 1.54) is 35.5 Å². The highest BCUT2D eigenvalue weighted by atomic mass is 32.1. The molecule has 3 heterocycles. The first-order chi connectivity index (χ1) is 20.0. The number of thiazole rings is 1. The van der Waals surface area contributed by atoms with Crippen LogP contribution in [0.1, 0.15) is 41.6 Å². The Hall–Kier alpha value is -2.91. The highest BCUT2D eigenvalue weighted by molar-refractivity contribution is 7.16. The second kappa shape index (κ2) is 12.9. The molecule has 0 amide bonds. The second-order valence-corrected chi connectivity index (χ2v) is 12.4. The highest BCUT2D eigenvalue weighted by Crippen LogP contribution is 2.27. The number of rotatable bonds is 10. The first-order valence-corrected chi connectivity index (χ1v) is 15.7. The number of nitrogens with zero attached hydrogens (tertiary/aromatic N) is 3. The Morgan fingerprint density at radius 1 is 0.902 bits per heavy atom. The van der Waals surface area contributed by atoms with Crippen LogP contribution in [0.15, 0.2) is 59.4 Å². The summed E-state index contributed by atoms with van der Waals surface area (Å²) in [6.45, 7) is 8.03. The molecule has 2 saturated heterocycles. The number of fused-ring (bicyclic) bond motifs is 2. The van der Waals surface area contributed by atoms with Crippen molar-refractivity contribution in [2.24, 2.45) is 5.92 Å². The molecule has 2 fully saturated rings. The van der Waals surface area contributed by atoms with Gasteiger partial charge in [-0.25, -0.2) is 4.39 Å². The van der Waals surface area contributed by atoms with Crippen LogP contribution in [0.2, 0.25) is 0 Å². The quantitative estimate of drug-likeness (QED) is 0.182. The Morgan fingerprint density at radius 2 is 1.71 bits per heavy atom. The lowest BCUT2D eigenvalue weighted by atomic mass is 9.87. The Morgan fingerprint density at radius 3 is 2.54 bits per heavy atom. The molecule has 0 aliphatic carbocycles. The summed E-state index contributed by atoms with van der Waals surface area (Å²) in [5, 5.41) is 1.58. The molecule has 6 nitrogen and oxygen atoms in total. The van der Waals surface area contributed by atoms with Gasteiger partial charge in [0.2, 0.25) is 0 Å². The number of ether oxygens (including phenoxy) is 1. The number of aromatic nitrogens is 1. The largest absolute Gasteiger partial charge is 0.379 e. The van der Waals surface area contributed by atoms with Crippen LogP contribution in [-0.4, -0.2) is 72.6 Å². The summed E-state index contributed by atoms with van der Waals surface area (Å²) in [4.78, 5) is 31.2. The number of unbranched alkanes of at least 4 members (excludes halogenated alkanes) is 1. The van der Waals surface area contributed by atoms with E-state index in [2.05, 4.69) is 28.0 Å². The van der Waals surface area contributed by atoms with Gasteiger partial charge in [-0.05, 0) is 92.3 Å². The molecule has 216 valence electrons. The minimum Gasteiger partial charge on any atom is -0.379 e. The number of Topliss-reactive ketones (excluding diaryl/α,β-unsaturated/α-hetero) is 1. The van der Waals surface area contributed by atoms with Crippen LogP contribution in [-0.2, 0) is 17.7 Å². The molecule has 0 unspecified atom stereocenters. The lowest BCUT2D eigenvalue weighted by molar-refractivity contribution is 0.0372. The molecule has 4 aromatic rings. The highest BCUT2D eigenvalue weighted by Gasteiger charge is 2.27. The number of carbonyl (C=O) groups is 1. The number of likely N-dealkylation sites (tertiary alicyclic amines) is 1. The van der Waals surface area contributed by atoms with Crippen molar-refractivity contribution in [3.8, 4) is 0 Å². The Labute approximate surface area is 244 Å². The van der Waals surface area contributed by atoms with E-state index in [0.29, 0.717) is 12.1 Å². The zero-order valence-electron chi connectivity index (χ0n) is 23.5. The van der Waals surface area contributed by atoms with Gasteiger partial charge in [0, 0.05) is 37.7 Å². The summed E-state index contributed by atoms with van der Waals surface area (Å²) in [5.74, 6) is -0.166. The molecule has 0 atom stereocenters. The first kappa shape index (κ1) is 28.2. The molecule has 0 N–H and O–H groups in total. The number of hydrogen-bond donors (Lipinski definition) is 0. The van der Waals surface area contributed by atoms with E-state index in [-0.39, 0.29) is 22.4 Å². The second-order valence-electron chi connectivity index (χ2n) is 11.4. The van der Waals surface area contributed by atoms with Crippen LogP contribution in [0.3, 0.4) is 0 Å². The van der Waals surface area contributed by atoms with Gasteiger partial charge in [0.25, 0.3) is 0 Å². The standard InChI is InChI=1S/C33H38FN3O3S/c34-27-8-9-28-26(23-27)5-3-6-29(28)32(38)25-11-14-36(15-12-25)16-17-37-30-10-7-24(22-31(30)41-33(37)39)4-1-2-13-35-18-20-40-21-19-35/h3,5-10,22-23,25H,1-2,4,11-21H2. The number of hydrogen-bond acceptors (Lipinski definition) is 6. The normalized spacial score (nSPS) is 17.5. The van der Waals surface area contributed by atoms with Crippen molar-refractivity contribution in [1.82, 2.24) is 14.4 Å². The third kappa shape index (κ3) is 6.61. The van der Waals surface area contributed by atoms with Crippen molar-refractivity contribution in [2.75, 3.05) is 52.5 Å². The lowest BCUT2D eigenvalue weighted by Crippen LogP contribution is -2.38. The van der Waals surface area contributed by atoms with Gasteiger partial charge < -0.3 is 9.64 Å². The summed E-state index contributed by atoms with van der Waals surface area (Å²) >= 11 is 1.34. The molecule has 0 spiro atoms. The summed E-state index contributed by atoms with van der Waals surface area (Å²) in [6, 6.07) is 16.7. The van der Waals surface area contributed by atoms with Gasteiger partial charge in [-0.15, -0.1) is 0 Å². The molecule has 0 radical (unpaired) electrons. The SMILES string of the molecule is O=C(c1cccc2cc(F)ccc12)C1CCN(CCn2c(=O)sc3cc(CCCCN4CCOCC4)ccc32)CC1. The van der Waals surface area contributed by atoms with Crippen LogP contribution in [0.4, 0.5) is 4.39 Å². The van der Waals surface area contributed by atoms with Crippen LogP contribution < -0.4 is 4.87 Å². The number of halogens is 1. The molecule has 41 heavy (non-hydrogen) atoms. The molecule has 6 rings (SSSR count). The molecule has 3 aromatic carbocycles. The summed E-state index contributed by atoms with van der Waals surface area (Å²) in [6.07, 6.45) is 4.96. The molecule has 2 aliphatic rings. The molecule has 0 saturated carbocycles. The number of morpholine rings is 1. The van der Waals surface area contributed by atoms with Crippen molar-refractivity contribution in [3.05, 3.63) is 81.2 Å². The zero-order chi connectivity index (χ0) is 28.2. The van der Waals surface area contributed by atoms with E-state index in [0.717, 1.165) is 99.2 Å². The maximum atomic E-state index is 13.7. The van der Waals surface area contributed by atoms with Crippen molar-refractivity contribution in [1.29, 1.82) is 0 Å². The van der Waals surface area contributed by atoms with Gasteiger partial charge in [-0.2, -0.15) is 0 Å². The van der Waals surface area contributed by atoms with Crippen molar-refractivity contribution in [2.45, 2.75) is 38.6 Å². The minimum absolute atomic E-state index is 0.0288. The topological polar surface area (TPSA) is 54.8 Å². The molecular formula is C33H38FN3O3S. The molecule has 8 heteroatoms. The van der Waals surface area contributed by atoms with Gasteiger partial charge in [0.15, 0.2) is 5.78 Å². The van der Waals surface area contributed by atoms with Crippen LogP contribution in [0.25, 0.3) is 21.0 Å². The molecule has 2 aliphatic heterocycles. The third-order valence-electron chi connectivity index (χ3n) is 8.73. The fourth-order valence-electron chi connectivity index (χ4n) is 6.32. The Kier molecular flexibility index (Phi) is 8.91. The van der Waals surface area contributed by atoms with E-state index in [4.69, 9.17) is 4.74 Å². The van der Waals surface area contributed by atoms with E-state index in [1.807, 2.05) is 22.8 Å². The van der Waals surface area contributed by atoms with Crippen LogP contribution in [0, 0.1) is 11.7 Å². The molecular weight excluding hydrogens is 537 g/mol. The fraction of sp³-hybridized carbons (Fsp3) is 0.455. The van der Waals surface area contributed by atoms with Crippen molar-refractivity contribution in [3.63, 3.8) is 0 Å². The summed E-state index contributed by atoms with van der Waals surface area (Å²) in [5.41, 5.74) is 3.01. The van der Waals surface area contributed by atoms with Gasteiger partial charge >= 0.3 is 4.87 Å². The predicted molar refractivity (Wildman–Crippen MR) is 164 cm³/mol. The minimum atomic E-state index is -0.288. The first-order valence-electron chi connectivity index (χ1n) is 14.9. The number of aryl methyl sites for hydroxylation is 1. The van der Waals surface area contributed by atoms with E-state index in [9.17, 15) is 14.0 Å². The average Bonchev–Trinajstić information content (AvgIpc) is 3.32. The van der Waals surface area contributed by atoms with E-state index in [1.54, 1.807) is 6.07 Å². The smallest absolute Gasteiger partial charge is 0.308 e. The van der Waals surface area contributed by atoms with Gasteiger partial charge in [0.1, 0.15) is 5.82 Å². The number of carbonyl (C=O) groups excluding carboxylic acids is 1. The zero-order valence-corrected chi connectivity index (χ0v) is 24.3.